The van der Waals surface area contributed by atoms with Crippen molar-refractivity contribution in [3.8, 4) is 17.1 Å². The first-order valence-electron chi connectivity index (χ1n) is 5.32. The Balaban J connectivity index is 2.32. The van der Waals surface area contributed by atoms with E-state index < -0.39 is 0 Å². The van der Waals surface area contributed by atoms with E-state index in [0.717, 1.165) is 16.9 Å². The summed E-state index contributed by atoms with van der Waals surface area (Å²) in [5.41, 5.74) is 2.65. The Bertz CT molecular complexity index is 688. The molecule has 3 rings (SSSR count). The van der Waals surface area contributed by atoms with Crippen molar-refractivity contribution in [1.29, 1.82) is 0 Å². The number of aromatic nitrogens is 3. The van der Waals surface area contributed by atoms with E-state index in [0.29, 0.717) is 5.56 Å². The number of hydrogen-bond donors (Lipinski definition) is 1. The van der Waals surface area contributed by atoms with Gasteiger partial charge >= 0.3 is 0 Å². The van der Waals surface area contributed by atoms with Crippen molar-refractivity contribution in [2.24, 2.45) is 7.05 Å². The van der Waals surface area contributed by atoms with E-state index in [2.05, 4.69) is 9.97 Å². The second kappa shape index (κ2) is 3.59. The maximum absolute atomic E-state index is 9.80. The van der Waals surface area contributed by atoms with Gasteiger partial charge in [0.2, 0.25) is 0 Å². The van der Waals surface area contributed by atoms with Gasteiger partial charge in [-0.1, -0.05) is 12.1 Å². The van der Waals surface area contributed by atoms with Crippen molar-refractivity contribution < 1.29 is 5.11 Å². The topological polar surface area (TPSA) is 50.9 Å². The third-order valence-corrected chi connectivity index (χ3v) is 2.83. The summed E-state index contributed by atoms with van der Waals surface area (Å²) >= 11 is 0. The van der Waals surface area contributed by atoms with Crippen LogP contribution in [0.4, 0.5) is 0 Å². The van der Waals surface area contributed by atoms with E-state index in [4.69, 9.17) is 0 Å². The van der Waals surface area contributed by atoms with Gasteiger partial charge in [-0.05, 0) is 18.2 Å². The predicted octanol–water partition coefficient (Wildman–Crippen LogP) is 2.34. The first-order valence-corrected chi connectivity index (χ1v) is 5.32. The summed E-state index contributed by atoms with van der Waals surface area (Å²) in [5, 5.41) is 9.80. The molecule has 2 aromatic heterocycles. The van der Waals surface area contributed by atoms with Crippen molar-refractivity contribution in [3.05, 3.63) is 42.7 Å². The van der Waals surface area contributed by atoms with E-state index >= 15 is 0 Å². The van der Waals surface area contributed by atoms with Crippen LogP contribution in [0.2, 0.25) is 0 Å². The number of aryl methyl sites for hydroxylation is 1. The Morgan fingerprint density at radius 2 is 2.00 bits per heavy atom. The molecule has 0 saturated heterocycles. The molecule has 0 fully saturated rings. The number of aromatic hydroxyl groups is 1. The van der Waals surface area contributed by atoms with Gasteiger partial charge < -0.3 is 9.67 Å². The van der Waals surface area contributed by atoms with Crippen LogP contribution in [0.3, 0.4) is 0 Å². The minimum Gasteiger partial charge on any atom is -0.506 e. The second-order valence-corrected chi connectivity index (χ2v) is 3.88. The molecule has 0 atom stereocenters. The van der Waals surface area contributed by atoms with Crippen molar-refractivity contribution in [2.45, 2.75) is 0 Å². The molecule has 0 radical (unpaired) electrons. The van der Waals surface area contributed by atoms with Crippen molar-refractivity contribution in [2.75, 3.05) is 0 Å². The third-order valence-electron chi connectivity index (χ3n) is 2.83. The van der Waals surface area contributed by atoms with Crippen LogP contribution < -0.4 is 0 Å². The number of hydrogen-bond acceptors (Lipinski definition) is 3. The van der Waals surface area contributed by atoms with Crippen LogP contribution in [0.1, 0.15) is 0 Å². The molecule has 0 saturated carbocycles. The molecule has 0 bridgehead atoms. The highest BCUT2D eigenvalue weighted by Gasteiger charge is 2.12. The molecule has 17 heavy (non-hydrogen) atoms. The highest BCUT2D eigenvalue weighted by molar-refractivity contribution is 5.81. The monoisotopic (exact) mass is 225 g/mol. The summed E-state index contributed by atoms with van der Waals surface area (Å²) < 4.78 is 1.96. The van der Waals surface area contributed by atoms with Crippen molar-refractivity contribution in [1.82, 2.24) is 14.5 Å². The third kappa shape index (κ3) is 1.45. The quantitative estimate of drug-likeness (QED) is 0.691. The zero-order chi connectivity index (χ0) is 11.8. The lowest BCUT2D eigenvalue weighted by atomic mass is 10.2. The molecule has 0 aliphatic rings. The molecule has 0 spiro atoms. The molecule has 84 valence electrons. The lowest BCUT2D eigenvalue weighted by molar-refractivity contribution is 0.474. The van der Waals surface area contributed by atoms with Gasteiger partial charge in [0.05, 0.1) is 22.8 Å². The minimum atomic E-state index is 0.144. The van der Waals surface area contributed by atoms with E-state index in [1.807, 2.05) is 35.9 Å². The molecule has 1 aromatic carbocycles. The minimum absolute atomic E-state index is 0.144. The van der Waals surface area contributed by atoms with Crippen molar-refractivity contribution >= 4 is 11.0 Å². The van der Waals surface area contributed by atoms with Crippen LogP contribution in [-0.4, -0.2) is 19.6 Å². The van der Waals surface area contributed by atoms with Crippen LogP contribution >= 0.6 is 0 Å². The highest BCUT2D eigenvalue weighted by atomic mass is 16.3. The number of para-hydroxylation sites is 2. The largest absolute Gasteiger partial charge is 0.506 e. The molecule has 3 aromatic rings. The maximum Gasteiger partial charge on any atom is 0.144 e. The van der Waals surface area contributed by atoms with Crippen LogP contribution in [0.25, 0.3) is 22.4 Å². The smallest absolute Gasteiger partial charge is 0.144 e. The van der Waals surface area contributed by atoms with Crippen LogP contribution in [0.15, 0.2) is 42.7 Å². The summed E-state index contributed by atoms with van der Waals surface area (Å²) in [7, 11) is 1.94. The fourth-order valence-electron chi connectivity index (χ4n) is 1.96. The molecule has 1 N–H and O–H groups in total. The standard InChI is InChI=1S/C13H11N3O/c1-16-11-5-3-2-4-10(11)15-13(16)9-6-7-14-8-12(9)17/h2-8,17H,1H3. The number of nitrogens with zero attached hydrogens (tertiary/aromatic N) is 3. The molecule has 4 nitrogen and oxygen atoms in total. The molecular weight excluding hydrogens is 214 g/mol. The van der Waals surface area contributed by atoms with E-state index in [9.17, 15) is 5.11 Å². The number of fused-ring (bicyclic) bond motifs is 1. The predicted molar refractivity (Wildman–Crippen MR) is 65.6 cm³/mol. The first-order chi connectivity index (χ1) is 8.27. The molecule has 4 heteroatoms. The Hall–Kier alpha value is -2.36. The molecule has 0 amide bonds. The normalized spacial score (nSPS) is 10.9. The van der Waals surface area contributed by atoms with Gasteiger partial charge in [0.25, 0.3) is 0 Å². The molecule has 0 aliphatic heterocycles. The van der Waals surface area contributed by atoms with Crippen LogP contribution in [0, 0.1) is 0 Å². The zero-order valence-electron chi connectivity index (χ0n) is 9.33. The van der Waals surface area contributed by atoms with Gasteiger partial charge in [-0.2, -0.15) is 0 Å². The number of benzene rings is 1. The van der Waals surface area contributed by atoms with E-state index in [-0.39, 0.29) is 5.75 Å². The summed E-state index contributed by atoms with van der Waals surface area (Å²) in [6, 6.07) is 9.64. The van der Waals surface area contributed by atoms with Gasteiger partial charge in [0, 0.05) is 13.2 Å². The van der Waals surface area contributed by atoms with E-state index in [1.165, 1.54) is 6.20 Å². The van der Waals surface area contributed by atoms with Crippen LogP contribution in [-0.2, 0) is 7.05 Å². The first kappa shape index (κ1) is 9.84. The Labute approximate surface area is 98.2 Å². The van der Waals surface area contributed by atoms with Gasteiger partial charge in [-0.3, -0.25) is 4.98 Å². The van der Waals surface area contributed by atoms with Crippen molar-refractivity contribution in [3.63, 3.8) is 0 Å². The summed E-state index contributed by atoms with van der Waals surface area (Å²) in [4.78, 5) is 8.39. The molecule has 0 aliphatic carbocycles. The lowest BCUT2D eigenvalue weighted by Crippen LogP contribution is -1.92. The Morgan fingerprint density at radius 3 is 2.76 bits per heavy atom. The van der Waals surface area contributed by atoms with Gasteiger partial charge in [-0.15, -0.1) is 0 Å². The SMILES string of the molecule is Cn1c(-c2ccncc2O)nc2ccccc21. The molecular formula is C13H11N3O. The fraction of sp³-hybridized carbons (Fsp3) is 0.0769. The van der Waals surface area contributed by atoms with Gasteiger partial charge in [0.15, 0.2) is 0 Å². The molecule has 2 heterocycles. The summed E-state index contributed by atoms with van der Waals surface area (Å²) in [6.07, 6.45) is 3.07. The Morgan fingerprint density at radius 1 is 1.18 bits per heavy atom. The lowest BCUT2D eigenvalue weighted by Gasteiger charge is -2.03. The molecule has 0 unspecified atom stereocenters. The average molecular weight is 225 g/mol. The maximum atomic E-state index is 9.80. The summed E-state index contributed by atoms with van der Waals surface area (Å²) in [6.45, 7) is 0. The average Bonchev–Trinajstić information content (AvgIpc) is 2.68. The van der Waals surface area contributed by atoms with Crippen LogP contribution in [0.5, 0.6) is 5.75 Å². The number of pyridine rings is 1. The summed E-state index contributed by atoms with van der Waals surface area (Å²) in [5.74, 6) is 0.886. The van der Waals surface area contributed by atoms with Gasteiger partial charge in [0.1, 0.15) is 11.6 Å². The highest BCUT2D eigenvalue weighted by Crippen LogP contribution is 2.29. The fourth-order valence-corrected chi connectivity index (χ4v) is 1.96. The Kier molecular flexibility index (Phi) is 2.08. The second-order valence-electron chi connectivity index (χ2n) is 3.88. The van der Waals surface area contributed by atoms with E-state index in [1.54, 1.807) is 12.3 Å². The number of rotatable bonds is 1. The van der Waals surface area contributed by atoms with Gasteiger partial charge in [-0.25, -0.2) is 4.98 Å². The zero-order valence-corrected chi connectivity index (χ0v) is 9.33. The number of imidazole rings is 1.